The van der Waals surface area contributed by atoms with Crippen LogP contribution in [-0.2, 0) is 14.3 Å². The first kappa shape index (κ1) is 35.9. The summed E-state index contributed by atoms with van der Waals surface area (Å²) in [5, 5.41) is 16.8. The van der Waals surface area contributed by atoms with E-state index >= 15 is 0 Å². The molecule has 0 spiro atoms. The van der Waals surface area contributed by atoms with Crippen molar-refractivity contribution in [2.75, 3.05) is 45.9 Å². The molecule has 5 rings (SSSR count). The highest BCUT2D eigenvalue weighted by atomic mass is 16.5. The highest BCUT2D eigenvalue weighted by molar-refractivity contribution is 5.83. The van der Waals surface area contributed by atoms with Gasteiger partial charge in [0.05, 0.1) is 6.04 Å². The van der Waals surface area contributed by atoms with E-state index in [2.05, 4.69) is 27.2 Å². The second-order valence-electron chi connectivity index (χ2n) is 12.6. The number of ether oxygens (including phenoxy) is 1. The molecule has 2 fully saturated rings. The van der Waals surface area contributed by atoms with Crippen LogP contribution in [0.15, 0.2) is 47.3 Å². The number of amides is 2. The van der Waals surface area contributed by atoms with Crippen LogP contribution < -0.4 is 11.0 Å². The number of H-pyrrole nitrogens is 1. The second-order valence-corrected chi connectivity index (χ2v) is 12.6. The first-order valence-corrected chi connectivity index (χ1v) is 17.0. The lowest BCUT2D eigenvalue weighted by atomic mass is 10.0. The summed E-state index contributed by atoms with van der Waals surface area (Å²) in [5.74, 6) is 0.894. The summed E-state index contributed by atoms with van der Waals surface area (Å²) in [5.41, 5.74) is 3.75. The molecule has 0 saturated carbocycles. The molecule has 0 atom stereocenters. The Labute approximate surface area is 278 Å². The number of benzene rings is 2. The van der Waals surface area contributed by atoms with Crippen LogP contribution in [0, 0.1) is 20.8 Å². The summed E-state index contributed by atoms with van der Waals surface area (Å²) < 4.78 is 6.97. The van der Waals surface area contributed by atoms with Crippen LogP contribution in [0.2, 0.25) is 0 Å². The lowest BCUT2D eigenvalue weighted by molar-refractivity contribution is -0.134. The predicted octanol–water partition coefficient (Wildman–Crippen LogP) is 4.51. The van der Waals surface area contributed by atoms with E-state index in [0.29, 0.717) is 50.1 Å². The Bertz CT molecular complexity index is 1470. The number of carbonyl (C=O) groups excluding carboxylic acids is 2. The van der Waals surface area contributed by atoms with Gasteiger partial charge in [-0.3, -0.25) is 14.6 Å². The largest absolute Gasteiger partial charge is 0.507 e. The van der Waals surface area contributed by atoms with Gasteiger partial charge in [0.1, 0.15) is 5.75 Å². The van der Waals surface area contributed by atoms with E-state index in [1.807, 2.05) is 63.2 Å². The standard InChI is InChI=1S/C27H40N6O4.C9H12O/c1-2-31(22-13-19-37-20-14-22)16-6-15-28-24(34)9-10-25(35)32-17-11-23(12-18-32)33-27(36)29-26(30-33)21-7-4-3-5-8-21;1-6-4-7(2)9(10)8(3)5-6/h3-5,7-8,22-23H,2,6,9-20H2,1H3,(H,28,34)(H,29,30,36);4-5,10H,1-3H3. The zero-order valence-electron chi connectivity index (χ0n) is 28.5. The van der Waals surface area contributed by atoms with Crippen molar-refractivity contribution < 1.29 is 19.4 Å². The van der Waals surface area contributed by atoms with Crippen molar-refractivity contribution in [3.8, 4) is 17.1 Å². The minimum absolute atomic E-state index is 0.00961. The number of nitrogens with one attached hydrogen (secondary N) is 2. The molecule has 2 amide bonds. The summed E-state index contributed by atoms with van der Waals surface area (Å²) in [6, 6.07) is 14.0. The SMILES string of the molecule is CCN(CCCNC(=O)CCC(=O)N1CCC(n2nc(-c3ccccc3)[nH]c2=O)CC1)C1CCOCC1.Cc1cc(C)c(O)c(C)c1. The Morgan fingerprint density at radius 1 is 1.02 bits per heavy atom. The molecule has 2 aromatic carbocycles. The molecule has 0 aliphatic carbocycles. The zero-order valence-corrected chi connectivity index (χ0v) is 28.5. The number of nitrogens with zero attached hydrogens (tertiary/aromatic N) is 4. The normalized spacial score (nSPS) is 15.7. The lowest BCUT2D eigenvalue weighted by Gasteiger charge is -2.33. The molecule has 2 aliphatic heterocycles. The van der Waals surface area contributed by atoms with Crippen LogP contribution in [0.3, 0.4) is 0 Å². The lowest BCUT2D eigenvalue weighted by Crippen LogP contribution is -2.41. The number of carbonyl (C=O) groups is 2. The maximum atomic E-state index is 12.7. The van der Waals surface area contributed by atoms with Gasteiger partial charge in [-0.05, 0) is 70.5 Å². The minimum Gasteiger partial charge on any atom is -0.507 e. The van der Waals surface area contributed by atoms with E-state index < -0.39 is 0 Å². The number of phenols is 1. The maximum absolute atomic E-state index is 12.7. The molecule has 1 aromatic heterocycles. The van der Waals surface area contributed by atoms with Crippen molar-refractivity contribution in [3.05, 3.63) is 69.6 Å². The van der Waals surface area contributed by atoms with Crippen molar-refractivity contribution in [2.24, 2.45) is 0 Å². The van der Waals surface area contributed by atoms with Gasteiger partial charge in [-0.2, -0.15) is 0 Å². The quantitative estimate of drug-likeness (QED) is 0.261. The van der Waals surface area contributed by atoms with E-state index in [4.69, 9.17) is 4.74 Å². The average molecular weight is 649 g/mol. The van der Waals surface area contributed by atoms with Crippen molar-refractivity contribution in [1.29, 1.82) is 0 Å². The summed E-state index contributed by atoms with van der Waals surface area (Å²) in [7, 11) is 0. The maximum Gasteiger partial charge on any atom is 0.343 e. The summed E-state index contributed by atoms with van der Waals surface area (Å²) in [6.07, 6.45) is 4.79. The van der Waals surface area contributed by atoms with E-state index in [9.17, 15) is 19.5 Å². The summed E-state index contributed by atoms with van der Waals surface area (Å²) in [4.78, 5) is 44.5. The smallest absolute Gasteiger partial charge is 0.343 e. The van der Waals surface area contributed by atoms with Crippen molar-refractivity contribution in [3.63, 3.8) is 0 Å². The molecule has 2 aliphatic rings. The van der Waals surface area contributed by atoms with Crippen molar-refractivity contribution in [1.82, 2.24) is 29.9 Å². The number of hydrogen-bond donors (Lipinski definition) is 3. The molecule has 2 saturated heterocycles. The topological polar surface area (TPSA) is 133 Å². The Morgan fingerprint density at radius 2 is 1.68 bits per heavy atom. The summed E-state index contributed by atoms with van der Waals surface area (Å²) in [6.45, 7) is 13.4. The fourth-order valence-electron chi connectivity index (χ4n) is 6.47. The third-order valence-corrected chi connectivity index (χ3v) is 9.11. The Morgan fingerprint density at radius 3 is 2.32 bits per heavy atom. The van der Waals surface area contributed by atoms with Crippen molar-refractivity contribution >= 4 is 11.8 Å². The second kappa shape index (κ2) is 17.8. The Balaban J connectivity index is 0.000000427. The molecule has 0 bridgehead atoms. The number of likely N-dealkylation sites (tertiary alicyclic amines) is 1. The number of hydrogen-bond acceptors (Lipinski definition) is 7. The first-order valence-electron chi connectivity index (χ1n) is 17.0. The molecule has 0 radical (unpaired) electrons. The van der Waals surface area contributed by atoms with Gasteiger partial charge in [-0.25, -0.2) is 9.48 Å². The van der Waals surface area contributed by atoms with Crippen molar-refractivity contribution in [2.45, 2.75) is 84.7 Å². The molecule has 256 valence electrons. The van der Waals surface area contributed by atoms with Gasteiger partial charge in [0.15, 0.2) is 5.82 Å². The molecule has 3 aromatic rings. The van der Waals surface area contributed by atoms with Gasteiger partial charge >= 0.3 is 5.69 Å². The third kappa shape index (κ3) is 10.5. The zero-order chi connectivity index (χ0) is 33.8. The molecule has 3 N–H and O–H groups in total. The monoisotopic (exact) mass is 648 g/mol. The van der Waals surface area contributed by atoms with Gasteiger partial charge in [-0.1, -0.05) is 55.0 Å². The Kier molecular flexibility index (Phi) is 13.6. The number of aryl methyl sites for hydroxylation is 3. The number of phenolic OH excluding ortho intramolecular Hbond substituents is 1. The number of aromatic amines is 1. The Hall–Kier alpha value is -3.96. The molecule has 47 heavy (non-hydrogen) atoms. The van der Waals surface area contributed by atoms with Gasteiger partial charge < -0.3 is 25.0 Å². The van der Waals surface area contributed by atoms with Gasteiger partial charge in [-0.15, -0.1) is 5.10 Å². The third-order valence-electron chi connectivity index (χ3n) is 9.11. The van der Waals surface area contributed by atoms with Crippen LogP contribution in [0.5, 0.6) is 5.75 Å². The van der Waals surface area contributed by atoms with E-state index in [-0.39, 0.29) is 36.4 Å². The van der Waals surface area contributed by atoms with E-state index in [1.165, 1.54) is 10.2 Å². The number of aromatic hydroxyl groups is 1. The molecule has 11 nitrogen and oxygen atoms in total. The van der Waals surface area contributed by atoms with Gasteiger partial charge in [0.2, 0.25) is 11.8 Å². The highest BCUT2D eigenvalue weighted by Gasteiger charge is 2.26. The molecule has 3 heterocycles. The highest BCUT2D eigenvalue weighted by Crippen LogP contribution is 2.23. The van der Waals surface area contributed by atoms with E-state index in [0.717, 1.165) is 62.3 Å². The molecular weight excluding hydrogens is 596 g/mol. The fraction of sp³-hybridized carbons (Fsp3) is 0.556. The van der Waals surface area contributed by atoms with Gasteiger partial charge in [0.25, 0.3) is 0 Å². The van der Waals surface area contributed by atoms with Crippen LogP contribution in [-0.4, -0.2) is 93.5 Å². The van der Waals surface area contributed by atoms with Crippen LogP contribution in [0.1, 0.15) is 74.6 Å². The average Bonchev–Trinajstić information content (AvgIpc) is 3.48. The summed E-state index contributed by atoms with van der Waals surface area (Å²) >= 11 is 0. The minimum atomic E-state index is -0.227. The van der Waals surface area contributed by atoms with Crippen LogP contribution >= 0.6 is 0 Å². The molecular formula is C36H52N6O5. The number of aromatic nitrogens is 3. The predicted molar refractivity (Wildman–Crippen MR) is 183 cm³/mol. The van der Waals surface area contributed by atoms with E-state index in [1.54, 1.807) is 4.90 Å². The van der Waals surface area contributed by atoms with Crippen LogP contribution in [0.25, 0.3) is 11.4 Å². The molecule has 0 unspecified atom stereocenters. The van der Waals surface area contributed by atoms with Crippen LogP contribution in [0.4, 0.5) is 0 Å². The van der Waals surface area contributed by atoms with Gasteiger partial charge in [0, 0.05) is 63.8 Å². The molecule has 11 heteroatoms. The number of piperidine rings is 1. The first-order chi connectivity index (χ1) is 22.7. The number of rotatable bonds is 11. The fourth-order valence-corrected chi connectivity index (χ4v) is 6.47.